The van der Waals surface area contributed by atoms with Crippen LogP contribution in [0.5, 0.6) is 0 Å². The lowest BCUT2D eigenvalue weighted by molar-refractivity contribution is 1.53. The Morgan fingerprint density at radius 3 is 1.59 bits per heavy atom. The predicted octanol–water partition coefficient (Wildman–Crippen LogP) is 6.02. The summed E-state index contributed by atoms with van der Waals surface area (Å²) in [5, 5.41) is 3.53. The molecule has 0 saturated carbocycles. The van der Waals surface area contributed by atoms with E-state index >= 15 is 0 Å². The number of hydrogen-bond donors (Lipinski definition) is 1. The predicted molar refractivity (Wildman–Crippen MR) is 98.7 cm³/mol. The molecule has 0 radical (unpaired) electrons. The van der Waals surface area contributed by atoms with E-state index in [1.165, 1.54) is 0 Å². The fourth-order valence-corrected chi connectivity index (χ4v) is 2.85. The Hall–Kier alpha value is -2.32. The van der Waals surface area contributed by atoms with Gasteiger partial charge in [-0.05, 0) is 39.2 Å². The minimum atomic E-state index is 1.04. The van der Waals surface area contributed by atoms with Gasteiger partial charge in [0.2, 0.25) is 0 Å². The van der Waals surface area contributed by atoms with Crippen molar-refractivity contribution in [2.75, 3.05) is 5.32 Å². The van der Waals surface area contributed by atoms with Gasteiger partial charge in [-0.1, -0.05) is 78.9 Å². The van der Waals surface area contributed by atoms with Gasteiger partial charge in [-0.25, -0.2) is 0 Å². The summed E-state index contributed by atoms with van der Waals surface area (Å²) in [5.74, 6) is 0. The van der Waals surface area contributed by atoms with Crippen LogP contribution < -0.4 is 5.32 Å². The lowest BCUT2D eigenvalue weighted by Crippen LogP contribution is -2.00. The normalized spacial score (nSPS) is 11.7. The Morgan fingerprint density at radius 2 is 1.05 bits per heavy atom. The van der Waals surface area contributed by atoms with Crippen molar-refractivity contribution >= 4 is 31.8 Å². The van der Waals surface area contributed by atoms with E-state index in [-0.39, 0.29) is 0 Å². The van der Waals surface area contributed by atoms with Gasteiger partial charge in [-0.15, -0.1) is 0 Å². The van der Waals surface area contributed by atoms with Crippen LogP contribution >= 0.6 is 15.9 Å². The average molecular weight is 350 g/mol. The van der Waals surface area contributed by atoms with E-state index in [1.54, 1.807) is 0 Å². The van der Waals surface area contributed by atoms with E-state index in [0.717, 1.165) is 27.0 Å². The van der Waals surface area contributed by atoms with Gasteiger partial charge < -0.3 is 5.32 Å². The second-order valence-electron chi connectivity index (χ2n) is 4.91. The highest BCUT2D eigenvalue weighted by Gasteiger charge is 2.09. The molecule has 0 heterocycles. The molecule has 0 fully saturated rings. The number of benzene rings is 3. The third-order valence-electron chi connectivity index (χ3n) is 3.35. The molecule has 0 spiro atoms. The van der Waals surface area contributed by atoms with Gasteiger partial charge in [0.25, 0.3) is 0 Å². The number of rotatable bonds is 4. The highest BCUT2D eigenvalue weighted by Crippen LogP contribution is 2.32. The minimum absolute atomic E-state index is 1.04. The van der Waals surface area contributed by atoms with Crippen molar-refractivity contribution < 1.29 is 0 Å². The Morgan fingerprint density at radius 1 is 0.591 bits per heavy atom. The molecule has 0 aliphatic heterocycles. The first-order chi connectivity index (χ1) is 10.8. The monoisotopic (exact) mass is 349 g/mol. The van der Waals surface area contributed by atoms with Crippen LogP contribution in [0.15, 0.2) is 91.0 Å². The van der Waals surface area contributed by atoms with Crippen molar-refractivity contribution in [1.82, 2.24) is 0 Å². The molecule has 0 bridgehead atoms. The van der Waals surface area contributed by atoms with Gasteiger partial charge in [0, 0.05) is 10.2 Å². The topological polar surface area (TPSA) is 12.0 Å². The van der Waals surface area contributed by atoms with Crippen LogP contribution in [0, 0.1) is 0 Å². The molecule has 108 valence electrons. The van der Waals surface area contributed by atoms with E-state index in [9.17, 15) is 0 Å². The van der Waals surface area contributed by atoms with E-state index in [4.69, 9.17) is 0 Å². The third kappa shape index (κ3) is 3.46. The van der Waals surface area contributed by atoms with Crippen LogP contribution in [-0.4, -0.2) is 0 Å². The van der Waals surface area contributed by atoms with E-state index in [1.807, 2.05) is 54.6 Å². The molecular weight excluding hydrogens is 334 g/mol. The lowest BCUT2D eigenvalue weighted by atomic mass is 10.1. The number of anilines is 1. The Kier molecular flexibility index (Phi) is 4.71. The molecule has 0 saturated heterocycles. The average Bonchev–Trinajstić information content (AvgIpc) is 2.61. The molecule has 0 unspecified atom stereocenters. The van der Waals surface area contributed by atoms with Gasteiger partial charge in [0.15, 0.2) is 0 Å². The van der Waals surface area contributed by atoms with Crippen LogP contribution in [0.3, 0.4) is 0 Å². The summed E-state index contributed by atoms with van der Waals surface area (Å²) < 4.78 is 1.04. The highest BCUT2D eigenvalue weighted by molar-refractivity contribution is 9.15. The van der Waals surface area contributed by atoms with Crippen molar-refractivity contribution in [2.24, 2.45) is 0 Å². The summed E-state index contributed by atoms with van der Waals surface area (Å²) in [6, 6.07) is 30.8. The third-order valence-corrected chi connectivity index (χ3v) is 4.21. The molecule has 0 amide bonds. The van der Waals surface area contributed by atoms with Crippen LogP contribution in [0.1, 0.15) is 11.1 Å². The zero-order valence-corrected chi connectivity index (χ0v) is 13.6. The maximum atomic E-state index is 3.76. The number of para-hydroxylation sites is 1. The second-order valence-corrected chi connectivity index (χ2v) is 5.71. The van der Waals surface area contributed by atoms with Crippen LogP contribution in [0.25, 0.3) is 10.2 Å². The molecule has 22 heavy (non-hydrogen) atoms. The van der Waals surface area contributed by atoms with Gasteiger partial charge >= 0.3 is 0 Å². The minimum Gasteiger partial charge on any atom is -0.354 e. The standard InChI is InChI=1S/C20H16BrN/c21-19(16-10-4-1-5-11-16)20(17-12-6-2-7-13-17)22-18-14-8-3-9-15-18/h1-15,22H/b20-19-. The van der Waals surface area contributed by atoms with E-state index in [2.05, 4.69) is 57.6 Å². The smallest absolute Gasteiger partial charge is 0.0608 e. The molecule has 3 aromatic carbocycles. The van der Waals surface area contributed by atoms with Crippen molar-refractivity contribution in [1.29, 1.82) is 0 Å². The van der Waals surface area contributed by atoms with Crippen molar-refractivity contribution in [3.63, 3.8) is 0 Å². The highest BCUT2D eigenvalue weighted by atomic mass is 79.9. The maximum Gasteiger partial charge on any atom is 0.0608 e. The maximum absolute atomic E-state index is 3.76. The molecule has 1 nitrogen and oxygen atoms in total. The number of hydrogen-bond acceptors (Lipinski definition) is 1. The number of halogens is 1. The first kappa shape index (κ1) is 14.6. The summed E-state index contributed by atoms with van der Waals surface area (Å²) in [6.07, 6.45) is 0. The van der Waals surface area contributed by atoms with Gasteiger partial charge in [-0.2, -0.15) is 0 Å². The Labute approximate surface area is 139 Å². The van der Waals surface area contributed by atoms with Crippen molar-refractivity contribution in [2.45, 2.75) is 0 Å². The van der Waals surface area contributed by atoms with Crippen LogP contribution in [0.2, 0.25) is 0 Å². The molecule has 3 aromatic rings. The molecule has 0 aromatic heterocycles. The fourth-order valence-electron chi connectivity index (χ4n) is 2.25. The molecular formula is C20H16BrN. The molecule has 0 atom stereocenters. The first-order valence-corrected chi connectivity index (χ1v) is 7.96. The summed E-state index contributed by atoms with van der Waals surface area (Å²) >= 11 is 3.76. The molecule has 0 aliphatic carbocycles. The van der Waals surface area contributed by atoms with Gasteiger partial charge in [0.05, 0.1) is 5.70 Å². The SMILES string of the molecule is Br/C(=C(\Nc1ccccc1)c1ccccc1)c1ccccc1. The summed E-state index contributed by atoms with van der Waals surface area (Å²) in [4.78, 5) is 0. The summed E-state index contributed by atoms with van der Waals surface area (Å²) in [7, 11) is 0. The first-order valence-electron chi connectivity index (χ1n) is 7.17. The zero-order chi connectivity index (χ0) is 15.2. The van der Waals surface area contributed by atoms with Gasteiger partial charge in [0.1, 0.15) is 0 Å². The van der Waals surface area contributed by atoms with Gasteiger partial charge in [-0.3, -0.25) is 0 Å². The zero-order valence-electron chi connectivity index (χ0n) is 12.0. The largest absolute Gasteiger partial charge is 0.354 e. The quantitative estimate of drug-likeness (QED) is 0.568. The Balaban J connectivity index is 2.07. The van der Waals surface area contributed by atoms with E-state index < -0.39 is 0 Å². The summed E-state index contributed by atoms with van der Waals surface area (Å²) in [6.45, 7) is 0. The Bertz CT molecular complexity index is 749. The molecule has 1 N–H and O–H groups in total. The van der Waals surface area contributed by atoms with Crippen molar-refractivity contribution in [3.8, 4) is 0 Å². The van der Waals surface area contributed by atoms with Crippen LogP contribution in [-0.2, 0) is 0 Å². The van der Waals surface area contributed by atoms with Crippen molar-refractivity contribution in [3.05, 3.63) is 102 Å². The van der Waals surface area contributed by atoms with Crippen LogP contribution in [0.4, 0.5) is 5.69 Å². The fraction of sp³-hybridized carbons (Fsp3) is 0. The number of nitrogens with one attached hydrogen (secondary N) is 1. The second kappa shape index (κ2) is 7.10. The molecule has 3 rings (SSSR count). The van der Waals surface area contributed by atoms with E-state index in [0.29, 0.717) is 0 Å². The lowest BCUT2D eigenvalue weighted by Gasteiger charge is -2.15. The molecule has 2 heteroatoms. The molecule has 0 aliphatic rings. The summed E-state index contributed by atoms with van der Waals surface area (Å²) in [5.41, 5.74) is 4.40.